The first-order valence-electron chi connectivity index (χ1n) is 4.90. The van der Waals surface area contributed by atoms with Crippen LogP contribution >= 0.6 is 15.9 Å². The molecule has 1 rings (SSSR count). The second-order valence-corrected chi connectivity index (χ2v) is 4.56. The van der Waals surface area contributed by atoms with Crippen molar-refractivity contribution < 1.29 is 0 Å². The summed E-state index contributed by atoms with van der Waals surface area (Å²) in [4.78, 5) is 0. The Labute approximate surface area is 94.0 Å². The molecule has 0 bridgehead atoms. The molecule has 1 heterocycles. The lowest BCUT2D eigenvalue weighted by Crippen LogP contribution is -2.34. The monoisotopic (exact) mass is 259 g/mol. The average Bonchev–Trinajstić information content (AvgIpc) is 2.52. The molecule has 1 unspecified atom stereocenters. The quantitative estimate of drug-likeness (QED) is 0.820. The Morgan fingerprint density at radius 1 is 1.57 bits per heavy atom. The third kappa shape index (κ3) is 3.42. The molecule has 1 atom stereocenters. The van der Waals surface area contributed by atoms with Crippen LogP contribution in [0.15, 0.2) is 12.4 Å². The van der Waals surface area contributed by atoms with Crippen molar-refractivity contribution >= 4 is 15.9 Å². The van der Waals surface area contributed by atoms with E-state index in [-0.39, 0.29) is 0 Å². The molecule has 0 spiro atoms. The van der Waals surface area contributed by atoms with Gasteiger partial charge < -0.3 is 5.32 Å². The van der Waals surface area contributed by atoms with Gasteiger partial charge in [0.05, 0.1) is 6.20 Å². The highest BCUT2D eigenvalue weighted by molar-refractivity contribution is 9.09. The minimum absolute atomic E-state index is 0.523. The van der Waals surface area contributed by atoms with Gasteiger partial charge in [-0.3, -0.25) is 4.68 Å². The number of aromatic nitrogens is 2. The molecule has 80 valence electrons. The van der Waals surface area contributed by atoms with Crippen LogP contribution in [0.5, 0.6) is 0 Å². The van der Waals surface area contributed by atoms with Gasteiger partial charge in [0.15, 0.2) is 0 Å². The summed E-state index contributed by atoms with van der Waals surface area (Å²) in [5.41, 5.74) is 1.24. The zero-order valence-electron chi connectivity index (χ0n) is 9.00. The van der Waals surface area contributed by atoms with Crippen LogP contribution in [0.3, 0.4) is 0 Å². The highest BCUT2D eigenvalue weighted by atomic mass is 79.9. The van der Waals surface area contributed by atoms with Gasteiger partial charge in [-0.25, -0.2) is 0 Å². The Hall–Kier alpha value is -0.350. The van der Waals surface area contributed by atoms with Crippen molar-refractivity contribution in [2.24, 2.45) is 13.0 Å². The van der Waals surface area contributed by atoms with Crippen molar-refractivity contribution in [1.29, 1.82) is 0 Å². The van der Waals surface area contributed by atoms with E-state index in [0.29, 0.717) is 12.0 Å². The Bertz CT molecular complexity index is 270. The fraction of sp³-hybridized carbons (Fsp3) is 0.700. The Balaban J connectivity index is 2.39. The van der Waals surface area contributed by atoms with Gasteiger partial charge >= 0.3 is 0 Å². The van der Waals surface area contributed by atoms with Crippen LogP contribution in [0.25, 0.3) is 0 Å². The molecular formula is C10H18BrN3. The van der Waals surface area contributed by atoms with Gasteiger partial charge in [-0.05, 0) is 5.92 Å². The van der Waals surface area contributed by atoms with Crippen LogP contribution in [-0.2, 0) is 13.6 Å². The number of hydrogen-bond donors (Lipinski definition) is 1. The molecule has 0 radical (unpaired) electrons. The Morgan fingerprint density at radius 2 is 2.29 bits per heavy atom. The second-order valence-electron chi connectivity index (χ2n) is 3.91. The molecule has 0 aliphatic heterocycles. The van der Waals surface area contributed by atoms with E-state index in [9.17, 15) is 0 Å². The van der Waals surface area contributed by atoms with E-state index in [1.807, 2.05) is 24.1 Å². The summed E-state index contributed by atoms with van der Waals surface area (Å²) in [6, 6.07) is 0.523. The summed E-state index contributed by atoms with van der Waals surface area (Å²) in [6.45, 7) is 5.34. The van der Waals surface area contributed by atoms with Gasteiger partial charge in [0.1, 0.15) is 0 Å². The fourth-order valence-electron chi connectivity index (χ4n) is 1.28. The van der Waals surface area contributed by atoms with Crippen LogP contribution in [-0.4, -0.2) is 21.2 Å². The van der Waals surface area contributed by atoms with Crippen molar-refractivity contribution in [1.82, 2.24) is 15.1 Å². The Kier molecular flexibility index (Phi) is 4.62. The number of halogens is 1. The van der Waals surface area contributed by atoms with Crippen LogP contribution in [0, 0.1) is 5.92 Å². The van der Waals surface area contributed by atoms with Gasteiger partial charge in [0.25, 0.3) is 0 Å². The molecule has 4 heteroatoms. The normalized spacial score (nSPS) is 13.5. The summed E-state index contributed by atoms with van der Waals surface area (Å²) in [5, 5.41) is 8.62. The fourth-order valence-corrected chi connectivity index (χ4v) is 2.26. The summed E-state index contributed by atoms with van der Waals surface area (Å²) >= 11 is 3.51. The lowest BCUT2D eigenvalue weighted by atomic mass is 10.1. The number of rotatable bonds is 5. The second kappa shape index (κ2) is 5.51. The van der Waals surface area contributed by atoms with Crippen LogP contribution in [0.4, 0.5) is 0 Å². The number of nitrogens with zero attached hydrogens (tertiary/aromatic N) is 2. The first kappa shape index (κ1) is 11.7. The van der Waals surface area contributed by atoms with Gasteiger partial charge in [0.2, 0.25) is 0 Å². The molecular weight excluding hydrogens is 242 g/mol. The number of hydrogen-bond acceptors (Lipinski definition) is 2. The smallest absolute Gasteiger partial charge is 0.0534 e. The maximum Gasteiger partial charge on any atom is 0.0534 e. The third-order valence-corrected chi connectivity index (χ3v) is 3.00. The molecule has 0 aromatic carbocycles. The minimum Gasteiger partial charge on any atom is -0.309 e. The predicted molar refractivity (Wildman–Crippen MR) is 62.5 cm³/mol. The SMILES string of the molecule is CC(C)C(CBr)NCc1cnn(C)c1. The number of alkyl halides is 1. The van der Waals surface area contributed by atoms with Crippen molar-refractivity contribution in [2.45, 2.75) is 26.4 Å². The van der Waals surface area contributed by atoms with E-state index in [0.717, 1.165) is 11.9 Å². The molecule has 1 aromatic rings. The summed E-state index contributed by atoms with van der Waals surface area (Å²) < 4.78 is 1.83. The molecule has 0 fully saturated rings. The van der Waals surface area contributed by atoms with Crippen molar-refractivity contribution in [2.75, 3.05) is 5.33 Å². The molecule has 0 saturated carbocycles. The van der Waals surface area contributed by atoms with E-state index < -0.39 is 0 Å². The zero-order chi connectivity index (χ0) is 10.6. The van der Waals surface area contributed by atoms with Gasteiger partial charge in [-0.15, -0.1) is 0 Å². The first-order chi connectivity index (χ1) is 6.63. The lowest BCUT2D eigenvalue weighted by molar-refractivity contribution is 0.434. The largest absolute Gasteiger partial charge is 0.309 e. The third-order valence-electron chi connectivity index (χ3n) is 2.30. The highest BCUT2D eigenvalue weighted by Gasteiger charge is 2.10. The molecule has 0 amide bonds. The summed E-state index contributed by atoms with van der Waals surface area (Å²) in [7, 11) is 1.94. The average molecular weight is 260 g/mol. The van der Waals surface area contributed by atoms with Crippen molar-refractivity contribution in [3.05, 3.63) is 18.0 Å². The first-order valence-corrected chi connectivity index (χ1v) is 6.02. The minimum atomic E-state index is 0.523. The van der Waals surface area contributed by atoms with Gasteiger partial charge in [-0.2, -0.15) is 5.10 Å². The molecule has 3 nitrogen and oxygen atoms in total. The molecule has 1 aromatic heterocycles. The topological polar surface area (TPSA) is 29.9 Å². The molecule has 0 saturated heterocycles. The molecule has 0 aliphatic rings. The maximum atomic E-state index is 4.13. The van der Waals surface area contributed by atoms with E-state index in [1.165, 1.54) is 5.56 Å². The molecule has 1 N–H and O–H groups in total. The summed E-state index contributed by atoms with van der Waals surface area (Å²) in [5.74, 6) is 0.644. The number of aryl methyl sites for hydroxylation is 1. The predicted octanol–water partition coefficient (Wildman–Crippen LogP) is 1.93. The van der Waals surface area contributed by atoms with Gasteiger partial charge in [-0.1, -0.05) is 29.8 Å². The standard InChI is InChI=1S/C10H18BrN3/c1-8(2)10(4-11)12-5-9-6-13-14(3)7-9/h6-8,10,12H,4-5H2,1-3H3. The Morgan fingerprint density at radius 3 is 2.71 bits per heavy atom. The lowest BCUT2D eigenvalue weighted by Gasteiger charge is -2.19. The van der Waals surface area contributed by atoms with E-state index in [4.69, 9.17) is 0 Å². The number of nitrogens with one attached hydrogen (secondary N) is 1. The molecule has 14 heavy (non-hydrogen) atoms. The molecule has 0 aliphatic carbocycles. The van der Waals surface area contributed by atoms with E-state index >= 15 is 0 Å². The van der Waals surface area contributed by atoms with E-state index in [1.54, 1.807) is 0 Å². The van der Waals surface area contributed by atoms with Gasteiger partial charge in [0, 0.05) is 36.7 Å². The van der Waals surface area contributed by atoms with E-state index in [2.05, 4.69) is 40.2 Å². The summed E-state index contributed by atoms with van der Waals surface area (Å²) in [6.07, 6.45) is 3.94. The van der Waals surface area contributed by atoms with Crippen LogP contribution < -0.4 is 5.32 Å². The zero-order valence-corrected chi connectivity index (χ0v) is 10.6. The van der Waals surface area contributed by atoms with Crippen LogP contribution in [0.2, 0.25) is 0 Å². The van der Waals surface area contributed by atoms with Crippen LogP contribution in [0.1, 0.15) is 19.4 Å². The van der Waals surface area contributed by atoms with Crippen molar-refractivity contribution in [3.8, 4) is 0 Å². The maximum absolute atomic E-state index is 4.13. The highest BCUT2D eigenvalue weighted by Crippen LogP contribution is 2.06. The van der Waals surface area contributed by atoms with Crippen molar-refractivity contribution in [3.63, 3.8) is 0 Å².